The van der Waals surface area contributed by atoms with Gasteiger partial charge in [0.15, 0.2) is 0 Å². The summed E-state index contributed by atoms with van der Waals surface area (Å²) in [6, 6.07) is 3.36. The van der Waals surface area contributed by atoms with Gasteiger partial charge in [-0.2, -0.15) is 0 Å². The molecule has 3 amide bonds. The predicted molar refractivity (Wildman–Crippen MR) is 95.2 cm³/mol. The molecule has 25 heavy (non-hydrogen) atoms. The van der Waals surface area contributed by atoms with Crippen LogP contribution in [0, 0.1) is 6.92 Å². The second-order valence-corrected chi connectivity index (χ2v) is 6.18. The van der Waals surface area contributed by atoms with E-state index in [-0.39, 0.29) is 18.0 Å². The number of aryl methyl sites for hydroxylation is 1. The van der Waals surface area contributed by atoms with Crippen molar-refractivity contribution in [1.82, 2.24) is 20.5 Å². The number of hydrogen-bond acceptors (Lipinski definition) is 5. The average molecular weight is 342 g/mol. The Balaban J connectivity index is 1.41. The van der Waals surface area contributed by atoms with Crippen LogP contribution in [0.2, 0.25) is 0 Å². The van der Waals surface area contributed by atoms with E-state index in [4.69, 9.17) is 0 Å². The van der Waals surface area contributed by atoms with Crippen molar-refractivity contribution in [2.75, 3.05) is 26.3 Å². The van der Waals surface area contributed by atoms with Crippen LogP contribution in [0.5, 0.6) is 0 Å². The van der Waals surface area contributed by atoms with Gasteiger partial charge < -0.3 is 15.5 Å². The molecule has 8 heteroatoms. The van der Waals surface area contributed by atoms with Crippen molar-refractivity contribution in [2.24, 2.45) is 9.98 Å². The van der Waals surface area contributed by atoms with Crippen LogP contribution in [0.4, 0.5) is 4.79 Å². The zero-order chi connectivity index (χ0) is 17.6. The Kier molecular flexibility index (Phi) is 5.37. The van der Waals surface area contributed by atoms with E-state index in [1.165, 1.54) is 0 Å². The summed E-state index contributed by atoms with van der Waals surface area (Å²) in [5.41, 5.74) is 2.36. The minimum atomic E-state index is -0.216. The van der Waals surface area contributed by atoms with Crippen molar-refractivity contribution in [2.45, 2.75) is 25.8 Å². The van der Waals surface area contributed by atoms with Crippen LogP contribution in [-0.2, 0) is 0 Å². The Morgan fingerprint density at radius 1 is 1.36 bits per heavy atom. The maximum atomic E-state index is 12.4. The molecule has 132 valence electrons. The molecule has 3 rings (SSSR count). The molecule has 3 heterocycles. The maximum absolute atomic E-state index is 12.4. The molecule has 8 nitrogen and oxygen atoms in total. The average Bonchev–Trinajstić information content (AvgIpc) is 3.27. The first kappa shape index (κ1) is 17.1. The van der Waals surface area contributed by atoms with Crippen LogP contribution in [0.3, 0.4) is 0 Å². The highest BCUT2D eigenvalue weighted by Crippen LogP contribution is 2.13. The summed E-state index contributed by atoms with van der Waals surface area (Å²) >= 11 is 0. The molecule has 2 aliphatic heterocycles. The molecule has 0 saturated carbocycles. The minimum Gasteiger partial charge on any atom is -0.338 e. The van der Waals surface area contributed by atoms with E-state index in [9.17, 15) is 9.59 Å². The molecule has 0 bridgehead atoms. The number of aromatic nitrogens is 1. The molecule has 1 atom stereocenters. The molecule has 1 aromatic heterocycles. The van der Waals surface area contributed by atoms with E-state index in [1.54, 1.807) is 23.4 Å². The quantitative estimate of drug-likeness (QED) is 0.827. The summed E-state index contributed by atoms with van der Waals surface area (Å²) in [6.45, 7) is 4.03. The highest BCUT2D eigenvalue weighted by Gasteiger charge is 2.28. The lowest BCUT2D eigenvalue weighted by Crippen LogP contribution is -2.44. The van der Waals surface area contributed by atoms with E-state index < -0.39 is 0 Å². The van der Waals surface area contributed by atoms with Crippen LogP contribution in [-0.4, -0.2) is 66.1 Å². The Morgan fingerprint density at radius 2 is 2.24 bits per heavy atom. The van der Waals surface area contributed by atoms with Gasteiger partial charge in [-0.25, -0.2) is 4.79 Å². The van der Waals surface area contributed by atoms with Gasteiger partial charge in [0.25, 0.3) is 5.91 Å². The van der Waals surface area contributed by atoms with Crippen molar-refractivity contribution in [1.29, 1.82) is 0 Å². The van der Waals surface area contributed by atoms with Crippen molar-refractivity contribution in [3.63, 3.8) is 0 Å². The van der Waals surface area contributed by atoms with Gasteiger partial charge in [0.05, 0.1) is 11.3 Å². The number of urea groups is 1. The summed E-state index contributed by atoms with van der Waals surface area (Å²) < 4.78 is 0. The summed E-state index contributed by atoms with van der Waals surface area (Å²) in [4.78, 5) is 38.5. The van der Waals surface area contributed by atoms with Crippen molar-refractivity contribution >= 4 is 23.9 Å². The van der Waals surface area contributed by atoms with Crippen LogP contribution < -0.4 is 10.6 Å². The van der Waals surface area contributed by atoms with Crippen molar-refractivity contribution in [3.8, 4) is 0 Å². The first-order valence-electron chi connectivity index (χ1n) is 8.41. The predicted octanol–water partition coefficient (Wildman–Crippen LogP) is 0.777. The highest BCUT2D eigenvalue weighted by molar-refractivity contribution is 6.31. The summed E-state index contributed by atoms with van der Waals surface area (Å²) in [5.74, 6) is -0.0456. The zero-order valence-electron chi connectivity index (χ0n) is 14.2. The van der Waals surface area contributed by atoms with E-state index >= 15 is 0 Å². The molecule has 0 aliphatic carbocycles. The third-order valence-electron chi connectivity index (χ3n) is 4.23. The van der Waals surface area contributed by atoms with E-state index in [2.05, 4.69) is 25.6 Å². The lowest BCUT2D eigenvalue weighted by molar-refractivity contribution is 0.0789. The van der Waals surface area contributed by atoms with Gasteiger partial charge >= 0.3 is 6.03 Å². The Hall–Kier alpha value is -2.77. The lowest BCUT2D eigenvalue weighted by Gasteiger charge is -2.17. The third kappa shape index (κ3) is 4.62. The first-order chi connectivity index (χ1) is 12.1. The van der Waals surface area contributed by atoms with E-state index in [1.807, 2.05) is 13.0 Å². The number of carbonyl (C=O) groups excluding carboxylic acids is 2. The largest absolute Gasteiger partial charge is 0.338 e. The molecule has 0 radical (unpaired) electrons. The second-order valence-electron chi connectivity index (χ2n) is 6.18. The number of nitrogens with zero attached hydrogens (tertiary/aromatic N) is 4. The number of hydrogen-bond donors (Lipinski definition) is 2. The standard InChI is InChI=1S/C17H22N6O2/c1-12-2-3-13(8-20-12)16(24)23-7-5-15(10-23)22-17(25)19-6-4-14-9-18-11-21-14/h2-3,8-9,15H,4-7,10-11H2,1H3,(H2,19,22,25)/t15-/m1/s1. The fourth-order valence-electron chi connectivity index (χ4n) is 2.84. The number of likely N-dealkylation sites (tertiary alicyclic amines) is 1. The van der Waals surface area contributed by atoms with Gasteiger partial charge in [-0.1, -0.05) is 0 Å². The number of nitrogens with one attached hydrogen (secondary N) is 2. The van der Waals surface area contributed by atoms with Gasteiger partial charge in [0.1, 0.15) is 6.67 Å². The monoisotopic (exact) mass is 342 g/mol. The summed E-state index contributed by atoms with van der Waals surface area (Å²) in [5, 5.41) is 5.73. The summed E-state index contributed by atoms with van der Waals surface area (Å²) in [6.07, 6.45) is 4.75. The SMILES string of the molecule is Cc1ccc(C(=O)N2CC[C@@H](NC(=O)NCCC3=NCN=C3)C2)cn1. The lowest BCUT2D eigenvalue weighted by atomic mass is 10.2. The van der Waals surface area contributed by atoms with Gasteiger partial charge in [0, 0.05) is 50.2 Å². The molecule has 1 saturated heterocycles. The molecule has 2 aliphatic rings. The molecule has 1 aromatic rings. The number of rotatable bonds is 5. The molecule has 0 aromatic carbocycles. The minimum absolute atomic E-state index is 0.0345. The Morgan fingerprint density at radius 3 is 2.96 bits per heavy atom. The second kappa shape index (κ2) is 7.87. The Labute approximate surface area is 146 Å². The first-order valence-corrected chi connectivity index (χ1v) is 8.41. The fourth-order valence-corrected chi connectivity index (χ4v) is 2.84. The van der Waals surface area contributed by atoms with Crippen LogP contribution in [0.1, 0.15) is 28.9 Å². The van der Waals surface area contributed by atoms with Crippen LogP contribution in [0.25, 0.3) is 0 Å². The summed E-state index contributed by atoms with van der Waals surface area (Å²) in [7, 11) is 0. The molecular formula is C17H22N6O2. The van der Waals surface area contributed by atoms with E-state index in [0.717, 1.165) is 17.8 Å². The number of amides is 3. The van der Waals surface area contributed by atoms with Crippen molar-refractivity contribution in [3.05, 3.63) is 29.6 Å². The normalized spacial score (nSPS) is 19.0. The van der Waals surface area contributed by atoms with Gasteiger partial charge in [-0.3, -0.25) is 19.8 Å². The topological polar surface area (TPSA) is 99.1 Å². The molecule has 2 N–H and O–H groups in total. The van der Waals surface area contributed by atoms with Gasteiger partial charge in [-0.15, -0.1) is 0 Å². The van der Waals surface area contributed by atoms with Crippen molar-refractivity contribution < 1.29 is 9.59 Å². The smallest absolute Gasteiger partial charge is 0.315 e. The molecule has 0 unspecified atom stereocenters. The number of aliphatic imine (C=N–C) groups is 2. The Bertz CT molecular complexity index is 698. The van der Waals surface area contributed by atoms with Gasteiger partial charge in [-0.05, 0) is 25.5 Å². The van der Waals surface area contributed by atoms with Gasteiger partial charge in [0.2, 0.25) is 0 Å². The van der Waals surface area contributed by atoms with Crippen LogP contribution in [0.15, 0.2) is 28.3 Å². The molecular weight excluding hydrogens is 320 g/mol. The van der Waals surface area contributed by atoms with E-state index in [0.29, 0.717) is 38.3 Å². The van der Waals surface area contributed by atoms with Crippen LogP contribution >= 0.6 is 0 Å². The molecule has 1 fully saturated rings. The number of pyridine rings is 1. The highest BCUT2D eigenvalue weighted by atomic mass is 16.2. The fraction of sp³-hybridized carbons (Fsp3) is 0.471. The maximum Gasteiger partial charge on any atom is 0.315 e. The number of carbonyl (C=O) groups is 2. The zero-order valence-corrected chi connectivity index (χ0v) is 14.2. The third-order valence-corrected chi connectivity index (χ3v) is 4.23. The molecule has 0 spiro atoms.